The molecule has 1 amide bonds. The number of fused-ring (bicyclic) bond motifs is 1. The molecule has 0 atom stereocenters. The molecule has 2 heterocycles. The monoisotopic (exact) mass is 364 g/mol. The van der Waals surface area contributed by atoms with Gasteiger partial charge in [-0.25, -0.2) is 0 Å². The molecule has 1 fully saturated rings. The van der Waals surface area contributed by atoms with Gasteiger partial charge in [-0.3, -0.25) is 4.79 Å². The zero-order valence-corrected chi connectivity index (χ0v) is 16.0. The van der Waals surface area contributed by atoms with Crippen LogP contribution in [0.2, 0.25) is 0 Å². The van der Waals surface area contributed by atoms with Crippen LogP contribution in [-0.4, -0.2) is 37.6 Å². The van der Waals surface area contributed by atoms with Crippen molar-refractivity contribution in [2.24, 2.45) is 0 Å². The van der Waals surface area contributed by atoms with Crippen LogP contribution in [-0.2, 0) is 23.2 Å². The number of carbonyl (C=O) groups excluding carboxylic acids is 1. The summed E-state index contributed by atoms with van der Waals surface area (Å²) in [7, 11) is 2.13. The average Bonchev–Trinajstić information content (AvgIpc) is 2.73. The number of likely N-dealkylation sites (tertiary alicyclic amines) is 1. The Hall–Kier alpha value is -2.33. The minimum Gasteiger partial charge on any atom is -0.493 e. The lowest BCUT2D eigenvalue weighted by Crippen LogP contribution is -2.50. The number of carbonyl (C=O) groups is 1. The Kier molecular flexibility index (Phi) is 5.17. The molecule has 27 heavy (non-hydrogen) atoms. The van der Waals surface area contributed by atoms with Crippen LogP contribution in [0.3, 0.4) is 0 Å². The van der Waals surface area contributed by atoms with E-state index in [0.717, 1.165) is 62.3 Å². The Labute approximate surface area is 161 Å². The smallest absolute Gasteiger partial charge is 0.231 e. The van der Waals surface area contributed by atoms with Gasteiger partial charge in [-0.05, 0) is 68.6 Å². The van der Waals surface area contributed by atoms with Crippen LogP contribution < -0.4 is 10.1 Å². The van der Waals surface area contributed by atoms with Gasteiger partial charge in [0.15, 0.2) is 0 Å². The van der Waals surface area contributed by atoms with Crippen molar-refractivity contribution >= 4 is 5.91 Å². The van der Waals surface area contributed by atoms with Gasteiger partial charge in [0, 0.05) is 6.54 Å². The van der Waals surface area contributed by atoms with E-state index >= 15 is 0 Å². The van der Waals surface area contributed by atoms with E-state index in [1.165, 1.54) is 5.56 Å². The Morgan fingerprint density at radius 2 is 1.93 bits per heavy atom. The van der Waals surface area contributed by atoms with Crippen LogP contribution in [0.25, 0.3) is 0 Å². The number of benzene rings is 2. The lowest BCUT2D eigenvalue weighted by molar-refractivity contribution is -0.128. The van der Waals surface area contributed by atoms with Crippen molar-refractivity contribution in [2.75, 3.05) is 26.7 Å². The highest BCUT2D eigenvalue weighted by Gasteiger charge is 2.42. The normalized spacial score (nSPS) is 19.0. The van der Waals surface area contributed by atoms with Crippen molar-refractivity contribution in [1.29, 1.82) is 0 Å². The number of nitrogens with zero attached hydrogens (tertiary/aromatic N) is 1. The Morgan fingerprint density at radius 1 is 1.15 bits per heavy atom. The number of hydrogen-bond acceptors (Lipinski definition) is 3. The van der Waals surface area contributed by atoms with E-state index in [-0.39, 0.29) is 5.91 Å². The molecule has 1 N–H and O–H groups in total. The van der Waals surface area contributed by atoms with E-state index in [9.17, 15) is 4.79 Å². The number of rotatable bonds is 4. The summed E-state index contributed by atoms with van der Waals surface area (Å²) < 4.78 is 5.69. The SMILES string of the molecule is CN1CCC(C(=O)NCc2ccc3c(c2)CCCO3)(c2ccccc2)CC1. The van der Waals surface area contributed by atoms with E-state index in [0.29, 0.717) is 6.54 Å². The largest absolute Gasteiger partial charge is 0.493 e. The predicted molar refractivity (Wildman–Crippen MR) is 107 cm³/mol. The quantitative estimate of drug-likeness (QED) is 0.905. The second-order valence-corrected chi connectivity index (χ2v) is 7.83. The summed E-state index contributed by atoms with van der Waals surface area (Å²) in [6.07, 6.45) is 3.83. The molecule has 2 aliphatic heterocycles. The Morgan fingerprint density at radius 3 is 2.70 bits per heavy atom. The molecule has 4 heteroatoms. The van der Waals surface area contributed by atoms with Crippen molar-refractivity contribution in [3.63, 3.8) is 0 Å². The van der Waals surface area contributed by atoms with Gasteiger partial charge in [0.25, 0.3) is 0 Å². The molecule has 0 saturated carbocycles. The summed E-state index contributed by atoms with van der Waals surface area (Å²) in [5.41, 5.74) is 3.11. The highest BCUT2D eigenvalue weighted by atomic mass is 16.5. The van der Waals surface area contributed by atoms with Crippen molar-refractivity contribution in [1.82, 2.24) is 10.2 Å². The molecular formula is C23H28N2O2. The summed E-state index contributed by atoms with van der Waals surface area (Å²) in [6, 6.07) is 16.6. The van der Waals surface area contributed by atoms with Crippen LogP contribution in [0.1, 0.15) is 36.0 Å². The first kappa shape index (κ1) is 18.1. The third-order valence-corrected chi connectivity index (χ3v) is 6.03. The van der Waals surface area contributed by atoms with Gasteiger partial charge in [-0.1, -0.05) is 42.5 Å². The van der Waals surface area contributed by atoms with Gasteiger partial charge >= 0.3 is 0 Å². The Balaban J connectivity index is 1.51. The molecule has 0 spiro atoms. The van der Waals surface area contributed by atoms with Crippen LogP contribution >= 0.6 is 0 Å². The molecule has 0 radical (unpaired) electrons. The molecule has 1 saturated heterocycles. The lowest BCUT2D eigenvalue weighted by atomic mass is 9.72. The number of nitrogens with one attached hydrogen (secondary N) is 1. The standard InChI is InChI=1S/C23H28N2O2/c1-25-13-11-23(12-14-25,20-7-3-2-4-8-20)22(26)24-17-18-9-10-21-19(16-18)6-5-15-27-21/h2-4,7-10,16H,5-6,11-15,17H2,1H3,(H,24,26). The van der Waals surface area contributed by atoms with Crippen LogP contribution in [0.15, 0.2) is 48.5 Å². The van der Waals surface area contributed by atoms with E-state index in [4.69, 9.17) is 4.74 Å². The average molecular weight is 364 g/mol. The number of ether oxygens (including phenoxy) is 1. The predicted octanol–water partition coefficient (Wildman–Crippen LogP) is 3.29. The fourth-order valence-corrected chi connectivity index (χ4v) is 4.28. The minimum atomic E-state index is -0.426. The minimum absolute atomic E-state index is 0.149. The van der Waals surface area contributed by atoms with Crippen molar-refractivity contribution < 1.29 is 9.53 Å². The van der Waals surface area contributed by atoms with Crippen molar-refractivity contribution in [3.05, 3.63) is 65.2 Å². The maximum Gasteiger partial charge on any atom is 0.231 e. The lowest BCUT2D eigenvalue weighted by Gasteiger charge is -2.39. The maximum atomic E-state index is 13.3. The summed E-state index contributed by atoms with van der Waals surface area (Å²) in [5.74, 6) is 1.14. The molecule has 4 rings (SSSR count). The summed E-state index contributed by atoms with van der Waals surface area (Å²) in [4.78, 5) is 15.6. The molecular weight excluding hydrogens is 336 g/mol. The molecule has 2 aromatic rings. The zero-order chi connectivity index (χ0) is 18.7. The highest BCUT2D eigenvalue weighted by Crippen LogP contribution is 2.35. The third kappa shape index (κ3) is 3.72. The van der Waals surface area contributed by atoms with Gasteiger partial charge in [0.1, 0.15) is 5.75 Å². The van der Waals surface area contributed by atoms with E-state index < -0.39 is 5.41 Å². The third-order valence-electron chi connectivity index (χ3n) is 6.03. The van der Waals surface area contributed by atoms with Crippen molar-refractivity contribution in [3.8, 4) is 5.75 Å². The van der Waals surface area contributed by atoms with E-state index in [1.807, 2.05) is 24.3 Å². The first-order valence-corrected chi connectivity index (χ1v) is 9.94. The number of aryl methyl sites for hydroxylation is 1. The van der Waals surface area contributed by atoms with Gasteiger partial charge in [-0.15, -0.1) is 0 Å². The first-order valence-electron chi connectivity index (χ1n) is 9.94. The summed E-state index contributed by atoms with van der Waals surface area (Å²) >= 11 is 0. The summed E-state index contributed by atoms with van der Waals surface area (Å²) in [6.45, 7) is 3.25. The highest BCUT2D eigenvalue weighted by molar-refractivity contribution is 5.88. The van der Waals surface area contributed by atoms with Gasteiger partial charge in [-0.2, -0.15) is 0 Å². The molecule has 2 aromatic carbocycles. The molecule has 4 nitrogen and oxygen atoms in total. The fourth-order valence-electron chi connectivity index (χ4n) is 4.28. The van der Waals surface area contributed by atoms with E-state index in [2.05, 4.69) is 41.5 Å². The van der Waals surface area contributed by atoms with Crippen LogP contribution in [0.5, 0.6) is 5.75 Å². The van der Waals surface area contributed by atoms with Gasteiger partial charge in [0.05, 0.1) is 12.0 Å². The topological polar surface area (TPSA) is 41.6 Å². The van der Waals surface area contributed by atoms with Gasteiger partial charge in [0.2, 0.25) is 5.91 Å². The van der Waals surface area contributed by atoms with Crippen molar-refractivity contribution in [2.45, 2.75) is 37.6 Å². The fraction of sp³-hybridized carbons (Fsp3) is 0.435. The van der Waals surface area contributed by atoms with Crippen LogP contribution in [0.4, 0.5) is 0 Å². The van der Waals surface area contributed by atoms with E-state index in [1.54, 1.807) is 0 Å². The first-order chi connectivity index (χ1) is 13.2. The second-order valence-electron chi connectivity index (χ2n) is 7.83. The molecule has 2 aliphatic rings. The zero-order valence-electron chi connectivity index (χ0n) is 16.0. The summed E-state index contributed by atoms with van der Waals surface area (Å²) in [5, 5.41) is 3.23. The number of amides is 1. The molecule has 0 aromatic heterocycles. The molecule has 0 bridgehead atoms. The molecule has 142 valence electrons. The molecule has 0 aliphatic carbocycles. The Bertz CT molecular complexity index is 795. The van der Waals surface area contributed by atoms with Gasteiger partial charge < -0.3 is 15.0 Å². The number of piperidine rings is 1. The number of hydrogen-bond donors (Lipinski definition) is 1. The maximum absolute atomic E-state index is 13.3. The molecule has 0 unspecified atom stereocenters. The second kappa shape index (κ2) is 7.73. The van der Waals surface area contributed by atoms with Crippen LogP contribution in [0, 0.1) is 0 Å².